The van der Waals surface area contributed by atoms with Gasteiger partial charge in [0, 0.05) is 5.69 Å². The number of benzene rings is 1. The number of nitrogen functional groups attached to an aromatic ring is 1. The summed E-state index contributed by atoms with van der Waals surface area (Å²) in [5.74, 6) is -0.00270. The molecule has 0 bridgehead atoms. The second-order valence-electron chi connectivity index (χ2n) is 5.73. The highest BCUT2D eigenvalue weighted by Crippen LogP contribution is 2.32. The number of rotatable bonds is 2. The second-order valence-corrected chi connectivity index (χ2v) is 5.73. The molecule has 19 heavy (non-hydrogen) atoms. The van der Waals surface area contributed by atoms with E-state index in [4.69, 9.17) is 5.73 Å². The third kappa shape index (κ3) is 2.57. The Labute approximate surface area is 111 Å². The first kappa shape index (κ1) is 13.5. The highest BCUT2D eigenvalue weighted by atomic mass is 19.1. The second kappa shape index (κ2) is 4.60. The first-order valence-electron chi connectivity index (χ1n) is 6.14. The van der Waals surface area contributed by atoms with Gasteiger partial charge < -0.3 is 5.73 Å². The zero-order valence-corrected chi connectivity index (χ0v) is 11.6. The van der Waals surface area contributed by atoms with Crippen LogP contribution in [0.2, 0.25) is 0 Å². The van der Waals surface area contributed by atoms with Gasteiger partial charge in [0.05, 0.1) is 11.6 Å². The van der Waals surface area contributed by atoms with Gasteiger partial charge in [-0.1, -0.05) is 20.8 Å². The summed E-state index contributed by atoms with van der Waals surface area (Å²) in [5, 5.41) is 11.6. The zero-order chi connectivity index (χ0) is 14.2. The lowest BCUT2D eigenvalue weighted by molar-refractivity contribution is 0.243. The Balaban J connectivity index is 2.50. The number of anilines is 1. The van der Waals surface area contributed by atoms with Crippen molar-refractivity contribution in [2.24, 2.45) is 5.41 Å². The van der Waals surface area contributed by atoms with E-state index in [9.17, 15) is 4.39 Å². The van der Waals surface area contributed by atoms with Gasteiger partial charge in [0.25, 0.3) is 0 Å². The van der Waals surface area contributed by atoms with Crippen LogP contribution in [0.15, 0.2) is 18.2 Å². The molecule has 1 atom stereocenters. The van der Waals surface area contributed by atoms with Gasteiger partial charge in [0.2, 0.25) is 0 Å². The minimum atomic E-state index is -0.419. The molecule has 2 N–H and O–H groups in total. The van der Waals surface area contributed by atoms with E-state index in [0.717, 1.165) is 0 Å². The van der Waals surface area contributed by atoms with Gasteiger partial charge in [-0.25, -0.2) is 9.07 Å². The smallest absolute Gasteiger partial charge is 0.185 e. The largest absolute Gasteiger partial charge is 0.399 e. The average Bonchev–Trinajstić information content (AvgIpc) is 2.75. The van der Waals surface area contributed by atoms with Crippen LogP contribution in [0.25, 0.3) is 11.4 Å². The van der Waals surface area contributed by atoms with Gasteiger partial charge in [-0.05, 0) is 41.0 Å². The highest BCUT2D eigenvalue weighted by Gasteiger charge is 2.26. The van der Waals surface area contributed by atoms with Crippen LogP contribution in [0.1, 0.15) is 33.7 Å². The topological polar surface area (TPSA) is 69.6 Å². The summed E-state index contributed by atoms with van der Waals surface area (Å²) >= 11 is 0. The maximum atomic E-state index is 14.0. The van der Waals surface area contributed by atoms with Crippen molar-refractivity contribution >= 4 is 5.69 Å². The van der Waals surface area contributed by atoms with E-state index in [1.165, 1.54) is 6.07 Å². The summed E-state index contributed by atoms with van der Waals surface area (Å²) in [6.07, 6.45) is 0. The van der Waals surface area contributed by atoms with E-state index in [1.807, 2.05) is 6.92 Å². The Hall–Kier alpha value is -1.98. The lowest BCUT2D eigenvalue weighted by Gasteiger charge is -2.27. The van der Waals surface area contributed by atoms with Crippen LogP contribution in [0, 0.1) is 11.2 Å². The molecule has 0 radical (unpaired) electrons. The van der Waals surface area contributed by atoms with Crippen molar-refractivity contribution in [2.45, 2.75) is 33.7 Å². The molecule has 2 aromatic rings. The lowest BCUT2D eigenvalue weighted by atomic mass is 9.88. The first-order valence-corrected chi connectivity index (χ1v) is 6.14. The van der Waals surface area contributed by atoms with Crippen molar-refractivity contribution in [3.8, 4) is 11.4 Å². The standard InChI is InChI=1S/C13H18FN5/c1-8(13(2,3)4)19-12(16-17-18-19)10-6-5-9(15)7-11(10)14/h5-8H,15H2,1-4H3. The molecule has 0 aliphatic heterocycles. The molecule has 0 fully saturated rings. The monoisotopic (exact) mass is 263 g/mol. The van der Waals surface area contributed by atoms with Crippen molar-refractivity contribution in [1.29, 1.82) is 0 Å². The Bertz CT molecular complexity index is 585. The molecule has 0 saturated heterocycles. The number of hydrogen-bond acceptors (Lipinski definition) is 4. The van der Waals surface area contributed by atoms with Crippen LogP contribution in [0.3, 0.4) is 0 Å². The maximum absolute atomic E-state index is 14.0. The Kier molecular flexibility index (Phi) is 3.26. The number of tetrazole rings is 1. The van der Waals surface area contributed by atoms with Crippen LogP contribution in [-0.4, -0.2) is 20.2 Å². The quantitative estimate of drug-likeness (QED) is 0.846. The van der Waals surface area contributed by atoms with Gasteiger partial charge in [-0.2, -0.15) is 0 Å². The Morgan fingerprint density at radius 3 is 2.58 bits per heavy atom. The first-order chi connectivity index (χ1) is 8.80. The van der Waals surface area contributed by atoms with Crippen molar-refractivity contribution in [2.75, 3.05) is 5.73 Å². The van der Waals surface area contributed by atoms with Gasteiger partial charge in [0.15, 0.2) is 5.82 Å². The molecule has 0 spiro atoms. The van der Waals surface area contributed by atoms with E-state index in [-0.39, 0.29) is 11.5 Å². The van der Waals surface area contributed by atoms with Gasteiger partial charge in [-0.15, -0.1) is 5.10 Å². The highest BCUT2D eigenvalue weighted by molar-refractivity contribution is 5.59. The molecule has 6 heteroatoms. The minimum Gasteiger partial charge on any atom is -0.399 e. The van der Waals surface area contributed by atoms with Crippen molar-refractivity contribution < 1.29 is 4.39 Å². The fourth-order valence-electron chi connectivity index (χ4n) is 1.71. The molecule has 0 saturated carbocycles. The minimum absolute atomic E-state index is 0.0333. The fraction of sp³-hybridized carbons (Fsp3) is 0.462. The molecule has 0 aliphatic carbocycles. The Morgan fingerprint density at radius 2 is 2.00 bits per heavy atom. The van der Waals surface area contributed by atoms with Crippen molar-refractivity contribution in [3.05, 3.63) is 24.0 Å². The van der Waals surface area contributed by atoms with Crippen LogP contribution in [0.4, 0.5) is 10.1 Å². The number of nitrogens with two attached hydrogens (primary N) is 1. The average molecular weight is 263 g/mol. The summed E-state index contributed by atoms with van der Waals surface area (Å²) in [7, 11) is 0. The molecule has 1 heterocycles. The summed E-state index contributed by atoms with van der Waals surface area (Å²) in [6.45, 7) is 8.27. The van der Waals surface area contributed by atoms with E-state index in [2.05, 4.69) is 36.3 Å². The summed E-state index contributed by atoms with van der Waals surface area (Å²) in [6, 6.07) is 4.55. The summed E-state index contributed by atoms with van der Waals surface area (Å²) in [5.41, 5.74) is 6.25. The molecule has 1 aromatic carbocycles. The molecule has 0 aliphatic rings. The van der Waals surface area contributed by atoms with Crippen molar-refractivity contribution in [1.82, 2.24) is 20.2 Å². The maximum Gasteiger partial charge on any atom is 0.185 e. The van der Waals surface area contributed by atoms with E-state index in [0.29, 0.717) is 17.1 Å². The van der Waals surface area contributed by atoms with Gasteiger partial charge in [0.1, 0.15) is 5.82 Å². The summed E-state index contributed by atoms with van der Waals surface area (Å²) < 4.78 is 15.6. The van der Waals surface area contributed by atoms with Crippen LogP contribution < -0.4 is 5.73 Å². The molecule has 1 aromatic heterocycles. The van der Waals surface area contributed by atoms with E-state index < -0.39 is 5.82 Å². The third-order valence-electron chi connectivity index (χ3n) is 3.35. The normalized spacial score (nSPS) is 13.5. The van der Waals surface area contributed by atoms with Gasteiger partial charge in [-0.3, -0.25) is 0 Å². The Morgan fingerprint density at radius 1 is 1.32 bits per heavy atom. The molecule has 5 nitrogen and oxygen atoms in total. The van der Waals surface area contributed by atoms with Crippen LogP contribution >= 0.6 is 0 Å². The summed E-state index contributed by atoms with van der Waals surface area (Å²) in [4.78, 5) is 0. The zero-order valence-electron chi connectivity index (χ0n) is 11.6. The number of hydrogen-bond donors (Lipinski definition) is 1. The molecule has 102 valence electrons. The number of halogens is 1. The van der Waals surface area contributed by atoms with Crippen molar-refractivity contribution in [3.63, 3.8) is 0 Å². The van der Waals surface area contributed by atoms with Gasteiger partial charge >= 0.3 is 0 Å². The molecule has 2 rings (SSSR count). The molecule has 1 unspecified atom stereocenters. The number of aromatic nitrogens is 4. The lowest BCUT2D eigenvalue weighted by Crippen LogP contribution is -2.23. The van der Waals surface area contributed by atoms with Crippen LogP contribution in [0.5, 0.6) is 0 Å². The number of nitrogens with zero attached hydrogens (tertiary/aromatic N) is 4. The predicted octanol–water partition coefficient (Wildman–Crippen LogP) is 2.67. The predicted molar refractivity (Wildman–Crippen MR) is 71.8 cm³/mol. The van der Waals surface area contributed by atoms with E-state index in [1.54, 1.807) is 16.8 Å². The van der Waals surface area contributed by atoms with E-state index >= 15 is 0 Å². The van der Waals surface area contributed by atoms with Crippen LogP contribution in [-0.2, 0) is 0 Å². The molecular weight excluding hydrogens is 245 g/mol. The molecular formula is C13H18FN5. The fourth-order valence-corrected chi connectivity index (χ4v) is 1.71. The molecule has 0 amide bonds. The SMILES string of the molecule is CC(n1nnnc1-c1ccc(N)cc1F)C(C)(C)C. The third-order valence-corrected chi connectivity index (χ3v) is 3.35.